The van der Waals surface area contributed by atoms with Gasteiger partial charge < -0.3 is 38.2 Å². The van der Waals surface area contributed by atoms with Gasteiger partial charge in [-0.1, -0.05) is 88.4 Å². The van der Waals surface area contributed by atoms with Gasteiger partial charge in [-0.3, -0.25) is 47.8 Å². The third-order valence-electron chi connectivity index (χ3n) is 25.0. The van der Waals surface area contributed by atoms with Crippen LogP contribution in [-0.4, -0.2) is 181 Å². The van der Waals surface area contributed by atoms with Crippen molar-refractivity contribution in [2.75, 3.05) is 39.7 Å². The van der Waals surface area contributed by atoms with Crippen LogP contribution in [0.15, 0.2) is 85.0 Å². The number of halogens is 8. The smallest absolute Gasteiger partial charge is 0.427 e. The Bertz CT molecular complexity index is 4470. The van der Waals surface area contributed by atoms with Gasteiger partial charge in [0.1, 0.15) is 35.1 Å². The van der Waals surface area contributed by atoms with Gasteiger partial charge in [0.05, 0.1) is 73.9 Å². The second kappa shape index (κ2) is 34.9. The van der Waals surface area contributed by atoms with E-state index in [1.807, 2.05) is 50.3 Å². The number of amides is 4. The first-order valence-electron chi connectivity index (χ1n) is 40.5. The standard InChI is InChI=1S/2C42H53F4N3O9S/c2*1-6-56-34-18-27-12-8-10-14-30(27)36(47-34)57-29-19-32-33(50)22-41(38(53)48-59(54,55)40(24-43)15-16-40)21-28(41)13-9-7-11-25(2)17-26(3)31(37(52)49(32)23-29)20-35(51)58-39(4,5)42(44,45)46/h2*8-10,12-14,18,25-26,28-29,31-32H,6-7,11,15-17,19-24H2,1-5H3,(H,48,53)/b2*13-9-/t25-,26+,28+,29+,31-,32-,41+;25-,26-,28-,29-,31+,32+,41-/m01/s1. The maximum atomic E-state index is 14.9. The lowest BCUT2D eigenvalue weighted by Crippen LogP contribution is -2.49. The Morgan fingerprint density at radius 3 is 1.23 bits per heavy atom. The number of rotatable bonds is 22. The number of nitrogens with one attached hydrogen (secondary N) is 2. The average molecular weight is 1700 g/mol. The van der Waals surface area contributed by atoms with E-state index in [0.29, 0.717) is 62.5 Å². The van der Waals surface area contributed by atoms with Gasteiger partial charge in [-0.25, -0.2) is 25.6 Å². The number of nitrogens with zero attached hydrogens (tertiary/aromatic N) is 4. The molecule has 4 aliphatic carbocycles. The number of carbonyl (C=O) groups is 8. The number of hydrogen-bond acceptors (Lipinski definition) is 20. The molecule has 4 amide bonds. The van der Waals surface area contributed by atoms with Crippen LogP contribution in [0.1, 0.15) is 185 Å². The summed E-state index contributed by atoms with van der Waals surface area (Å²) in [5, 5.41) is 2.75. The van der Waals surface area contributed by atoms with Crippen LogP contribution in [0.25, 0.3) is 21.5 Å². The molecule has 8 aliphatic rings. The molecular weight excluding hydrogens is 1600 g/mol. The van der Waals surface area contributed by atoms with Crippen LogP contribution in [0.2, 0.25) is 0 Å². The summed E-state index contributed by atoms with van der Waals surface area (Å²) in [4.78, 5) is 125. The van der Waals surface area contributed by atoms with E-state index in [0.717, 1.165) is 38.5 Å². The molecule has 0 spiro atoms. The third kappa shape index (κ3) is 19.6. The number of fused-ring (bicyclic) bond motifs is 6. The van der Waals surface area contributed by atoms with E-state index in [2.05, 4.69) is 19.4 Å². The third-order valence-corrected chi connectivity index (χ3v) is 29.2. The number of carbonyl (C=O) groups excluding carboxylic acids is 8. The molecule has 2 aromatic heterocycles. The van der Waals surface area contributed by atoms with Crippen LogP contribution in [0, 0.1) is 58.2 Å². The Kier molecular flexibility index (Phi) is 26.7. The van der Waals surface area contributed by atoms with E-state index in [4.69, 9.17) is 28.4 Å². The van der Waals surface area contributed by atoms with Gasteiger partial charge in [0.15, 0.2) is 11.6 Å². The first-order chi connectivity index (χ1) is 55.3. The van der Waals surface area contributed by atoms with E-state index >= 15 is 0 Å². The fourth-order valence-electron chi connectivity index (χ4n) is 16.8. The molecular formula is C84H106F8N6O18S2. The van der Waals surface area contributed by atoms with Crippen LogP contribution < -0.4 is 28.4 Å². The zero-order valence-corrected chi connectivity index (χ0v) is 69.6. The zero-order valence-electron chi connectivity index (χ0n) is 68.0. The minimum atomic E-state index is -4.88. The minimum absolute atomic E-state index is 0.0189. The molecule has 34 heteroatoms. The van der Waals surface area contributed by atoms with Crippen LogP contribution in [0.4, 0.5) is 35.1 Å². The van der Waals surface area contributed by atoms with Gasteiger partial charge in [-0.15, -0.1) is 0 Å². The lowest BCUT2D eigenvalue weighted by atomic mass is 9.82. The molecule has 12 rings (SSSR count). The molecule has 0 unspecified atom stereocenters. The van der Waals surface area contributed by atoms with Crippen molar-refractivity contribution in [1.29, 1.82) is 0 Å². The average Bonchev–Trinajstić information content (AvgIpc) is 1.56. The normalized spacial score (nSPS) is 29.3. The number of pyridine rings is 2. The van der Waals surface area contributed by atoms with Crippen LogP contribution in [0.5, 0.6) is 23.5 Å². The molecule has 2 aromatic carbocycles. The van der Waals surface area contributed by atoms with Crippen LogP contribution in [0.3, 0.4) is 0 Å². The molecule has 0 radical (unpaired) electrons. The fraction of sp³-hybridized carbons (Fsp3) is 0.643. The molecule has 6 heterocycles. The topological polar surface area (TPSA) is 317 Å². The highest BCUT2D eigenvalue weighted by Gasteiger charge is 2.66. The van der Waals surface area contributed by atoms with E-state index in [1.165, 1.54) is 9.80 Å². The number of Topliss-reactive ketones (excluding diaryl/α,β-unsaturated/α-hetero) is 2. The monoisotopic (exact) mass is 1700 g/mol. The number of ketones is 2. The predicted octanol–water partition coefficient (Wildman–Crippen LogP) is 13.6. The highest BCUT2D eigenvalue weighted by molar-refractivity contribution is 7.92. The quantitative estimate of drug-likeness (QED) is 0.0419. The van der Waals surface area contributed by atoms with Crippen molar-refractivity contribution in [3.8, 4) is 23.5 Å². The summed E-state index contributed by atoms with van der Waals surface area (Å²) in [7, 11) is -8.84. The van der Waals surface area contributed by atoms with Crippen molar-refractivity contribution in [3.05, 3.63) is 85.0 Å². The van der Waals surface area contributed by atoms with E-state index in [9.17, 15) is 90.3 Å². The maximum Gasteiger partial charge on any atom is 0.427 e. The fourth-order valence-corrected chi connectivity index (χ4v) is 19.7. The molecule has 24 nitrogen and oxygen atoms in total. The summed E-state index contributed by atoms with van der Waals surface area (Å²) in [5.41, 5.74) is -8.68. The molecule has 4 aromatic rings. The molecule has 4 aliphatic heterocycles. The van der Waals surface area contributed by atoms with Gasteiger partial charge in [0.2, 0.25) is 78.4 Å². The Morgan fingerprint density at radius 1 is 0.542 bits per heavy atom. The highest BCUT2D eigenvalue weighted by Crippen LogP contribution is 2.60. The summed E-state index contributed by atoms with van der Waals surface area (Å²) in [6.45, 7) is 11.8. The van der Waals surface area contributed by atoms with Gasteiger partial charge in [-0.05, 0) is 177 Å². The number of benzene rings is 2. The molecule has 2 saturated heterocycles. The maximum absolute atomic E-state index is 14.9. The molecule has 4 saturated carbocycles. The van der Waals surface area contributed by atoms with Crippen molar-refractivity contribution in [2.45, 2.75) is 242 Å². The SMILES string of the molecule is CCOc1cc2ccccc2c(O[C@@H]2C[C@H]3C(=O)C[C@]4(C(=O)NS(=O)(=O)C5(CF)CC5)C[C@H]4/C=C\CC[C@@H](C)C[C@@H](C)[C@H](CC(=O)OC(C)(C)C(F)(F)F)C(=O)N3C2)n1.CCOc1cc2ccccc2c(O[C@@H]2C[C@H]3C(=O)C[C@]4(C(=O)NS(=O)(=O)C5(CF)CC5)C[C@H]4/C=C\CC[C@H](C)C[C@@H](C)[C@H](CC(=O)OC(C)(C)C(F)(F)F)C(=O)N3C2)n1. The first-order valence-corrected chi connectivity index (χ1v) is 43.5. The number of alkyl halides is 8. The van der Waals surface area contributed by atoms with Crippen molar-refractivity contribution < 1.29 is 119 Å². The second-order valence-corrected chi connectivity index (χ2v) is 38.9. The van der Waals surface area contributed by atoms with Crippen LogP contribution in [-0.2, 0) is 67.9 Å². The molecule has 14 atom stereocenters. The van der Waals surface area contributed by atoms with Crippen molar-refractivity contribution in [3.63, 3.8) is 0 Å². The molecule has 118 heavy (non-hydrogen) atoms. The minimum Gasteiger partial charge on any atom is -0.478 e. The number of hydrogen-bond donors (Lipinski definition) is 2. The van der Waals surface area contributed by atoms with E-state index < -0.39 is 210 Å². The van der Waals surface area contributed by atoms with Gasteiger partial charge in [0, 0.05) is 48.6 Å². The number of ether oxygens (including phenoxy) is 6. The van der Waals surface area contributed by atoms with Gasteiger partial charge in [-0.2, -0.15) is 36.3 Å². The molecule has 648 valence electrons. The Balaban J connectivity index is 0.000000231. The van der Waals surface area contributed by atoms with Crippen molar-refractivity contribution in [2.24, 2.45) is 58.2 Å². The lowest BCUT2D eigenvalue weighted by molar-refractivity contribution is -0.257. The highest BCUT2D eigenvalue weighted by atomic mass is 32.2. The van der Waals surface area contributed by atoms with Crippen LogP contribution >= 0.6 is 0 Å². The first kappa shape index (κ1) is 90.2. The number of allylic oxidation sites excluding steroid dienone is 4. The van der Waals surface area contributed by atoms with Gasteiger partial charge in [0.25, 0.3) is 0 Å². The predicted molar refractivity (Wildman–Crippen MR) is 417 cm³/mol. The molecule has 6 fully saturated rings. The van der Waals surface area contributed by atoms with Gasteiger partial charge >= 0.3 is 24.3 Å². The second-order valence-electron chi connectivity index (χ2n) is 34.8. The zero-order chi connectivity index (χ0) is 86.3. The number of sulfonamides is 2. The summed E-state index contributed by atoms with van der Waals surface area (Å²) in [6.07, 6.45) is -3.00. The van der Waals surface area contributed by atoms with E-state index in [1.54, 1.807) is 76.2 Å². The molecule has 0 bridgehead atoms. The summed E-state index contributed by atoms with van der Waals surface area (Å²) >= 11 is 0. The Labute approximate surface area is 681 Å². The lowest BCUT2D eigenvalue weighted by Gasteiger charge is -2.33. The van der Waals surface area contributed by atoms with Crippen molar-refractivity contribution >= 4 is 88.7 Å². The summed E-state index contributed by atoms with van der Waals surface area (Å²) in [6, 6.07) is 15.5. The largest absolute Gasteiger partial charge is 0.478 e. The van der Waals surface area contributed by atoms with Crippen molar-refractivity contribution in [1.82, 2.24) is 29.2 Å². The molecule has 2 N–H and O–H groups in total. The number of esters is 2. The Hall–Kier alpha value is -8.56. The number of aromatic nitrogens is 2. The van der Waals surface area contributed by atoms with E-state index in [-0.39, 0.29) is 99.8 Å². The summed E-state index contributed by atoms with van der Waals surface area (Å²) in [5.74, 6) is -10.5. The summed E-state index contributed by atoms with van der Waals surface area (Å²) < 4.78 is 198. The Morgan fingerprint density at radius 2 is 0.898 bits per heavy atom.